The largest absolute Gasteiger partial charge is 0.492 e. The number of fused-ring (bicyclic) bond motifs is 1. The fourth-order valence-electron chi connectivity index (χ4n) is 4.61. The Hall–Kier alpha value is -4.58. The lowest BCUT2D eigenvalue weighted by Gasteiger charge is -2.33. The van der Waals surface area contributed by atoms with Gasteiger partial charge in [0.25, 0.3) is 5.91 Å². The van der Waals surface area contributed by atoms with Gasteiger partial charge in [-0.1, -0.05) is 78.4 Å². The number of rotatable bonds is 8. The van der Waals surface area contributed by atoms with E-state index in [1.807, 2.05) is 91.9 Å². The van der Waals surface area contributed by atoms with Crippen LogP contribution in [-0.4, -0.2) is 31.1 Å². The van der Waals surface area contributed by atoms with Gasteiger partial charge in [0.15, 0.2) is 6.10 Å². The number of anilines is 2. The van der Waals surface area contributed by atoms with Crippen molar-refractivity contribution in [2.45, 2.75) is 25.9 Å². The predicted molar refractivity (Wildman–Crippen MR) is 149 cm³/mol. The molecule has 4 aromatic rings. The van der Waals surface area contributed by atoms with Crippen LogP contribution >= 0.6 is 0 Å². The molecule has 38 heavy (non-hydrogen) atoms. The number of amides is 2. The van der Waals surface area contributed by atoms with Crippen LogP contribution in [0.15, 0.2) is 103 Å². The minimum Gasteiger partial charge on any atom is -0.492 e. The molecule has 1 aliphatic heterocycles. The van der Waals surface area contributed by atoms with E-state index in [1.54, 1.807) is 30.0 Å². The van der Waals surface area contributed by atoms with Crippen molar-refractivity contribution in [3.05, 3.63) is 120 Å². The highest BCUT2D eigenvalue weighted by atomic mass is 16.5. The zero-order valence-electron chi connectivity index (χ0n) is 21.5. The molecule has 0 aliphatic carbocycles. The Balaban J connectivity index is 1.34. The van der Waals surface area contributed by atoms with E-state index in [-0.39, 0.29) is 11.8 Å². The van der Waals surface area contributed by atoms with Gasteiger partial charge in [-0.2, -0.15) is 0 Å². The van der Waals surface area contributed by atoms with Crippen molar-refractivity contribution in [1.29, 1.82) is 0 Å². The van der Waals surface area contributed by atoms with E-state index in [9.17, 15) is 9.59 Å². The minimum absolute atomic E-state index is 0.130. The third kappa shape index (κ3) is 5.54. The quantitative estimate of drug-likeness (QED) is 0.320. The summed E-state index contributed by atoms with van der Waals surface area (Å²) in [7, 11) is 0. The first-order chi connectivity index (χ1) is 18.5. The second-order valence-corrected chi connectivity index (χ2v) is 9.34. The molecule has 1 aliphatic rings. The fraction of sp³-hybridized carbons (Fsp3) is 0.188. The predicted octanol–water partition coefficient (Wildman–Crippen LogP) is 5.96. The second kappa shape index (κ2) is 11.2. The molecule has 0 bridgehead atoms. The van der Waals surface area contributed by atoms with E-state index in [4.69, 9.17) is 9.47 Å². The summed E-state index contributed by atoms with van der Waals surface area (Å²) < 4.78 is 11.8. The second-order valence-electron chi connectivity index (χ2n) is 9.34. The highest BCUT2D eigenvalue weighted by Crippen LogP contribution is 2.37. The molecular formula is C32H30N2O4. The van der Waals surface area contributed by atoms with E-state index >= 15 is 0 Å². The molecule has 1 unspecified atom stereocenters. The molecule has 0 saturated heterocycles. The Kier molecular flexibility index (Phi) is 7.40. The Morgan fingerprint density at radius 3 is 2.18 bits per heavy atom. The molecule has 0 saturated carbocycles. The lowest BCUT2D eigenvalue weighted by molar-refractivity contribution is -0.125. The molecule has 1 atom stereocenters. The number of nitrogens with one attached hydrogen (secondary N) is 1. The van der Waals surface area contributed by atoms with Crippen molar-refractivity contribution in [1.82, 2.24) is 0 Å². The van der Waals surface area contributed by atoms with Crippen LogP contribution < -0.4 is 19.7 Å². The van der Waals surface area contributed by atoms with Gasteiger partial charge in [-0.15, -0.1) is 0 Å². The summed E-state index contributed by atoms with van der Waals surface area (Å²) in [6.07, 6.45) is -0.644. The number of aryl methyl sites for hydroxylation is 1. The molecule has 5 rings (SSSR count). The Morgan fingerprint density at radius 1 is 0.921 bits per heavy atom. The first kappa shape index (κ1) is 25.1. The van der Waals surface area contributed by atoms with Crippen LogP contribution in [0.25, 0.3) is 0 Å². The lowest BCUT2D eigenvalue weighted by atomic mass is 9.90. The number of hydrogen-bond acceptors (Lipinski definition) is 4. The van der Waals surface area contributed by atoms with Gasteiger partial charge in [-0.25, -0.2) is 0 Å². The van der Waals surface area contributed by atoms with Crippen LogP contribution in [0.5, 0.6) is 11.5 Å². The standard InChI is InChI=1S/C32H30N2O4/c1-22-13-16-27(17-14-22)37-20-19-34-28-18-15-26(21-29(28)38-23(2)32(34)36)33-31(35)30(24-9-5-3-6-10-24)25-11-7-4-8-12-25/h3-18,21,23,30H,19-20H2,1-2H3,(H,33,35). The van der Waals surface area contributed by atoms with Crippen molar-refractivity contribution < 1.29 is 19.1 Å². The van der Waals surface area contributed by atoms with E-state index in [0.29, 0.717) is 30.3 Å². The molecule has 4 aromatic carbocycles. The molecule has 0 spiro atoms. The van der Waals surface area contributed by atoms with Crippen molar-refractivity contribution >= 4 is 23.2 Å². The third-order valence-electron chi connectivity index (χ3n) is 6.57. The molecule has 2 amide bonds. The lowest BCUT2D eigenvalue weighted by Crippen LogP contribution is -2.46. The monoisotopic (exact) mass is 506 g/mol. The highest BCUT2D eigenvalue weighted by molar-refractivity contribution is 6.02. The summed E-state index contributed by atoms with van der Waals surface area (Å²) in [5.74, 6) is 0.557. The molecule has 1 N–H and O–H groups in total. The number of nitrogens with zero attached hydrogens (tertiary/aromatic N) is 1. The van der Waals surface area contributed by atoms with Crippen LogP contribution in [0.3, 0.4) is 0 Å². The highest BCUT2D eigenvalue weighted by Gasteiger charge is 2.32. The minimum atomic E-state index is -0.644. The van der Waals surface area contributed by atoms with Crippen LogP contribution in [0.1, 0.15) is 29.5 Å². The molecule has 0 fully saturated rings. The van der Waals surface area contributed by atoms with Gasteiger partial charge >= 0.3 is 0 Å². The van der Waals surface area contributed by atoms with Gasteiger partial charge < -0.3 is 19.7 Å². The molecule has 6 nitrogen and oxygen atoms in total. The van der Waals surface area contributed by atoms with Crippen LogP contribution in [-0.2, 0) is 9.59 Å². The first-order valence-electron chi connectivity index (χ1n) is 12.7. The summed E-state index contributed by atoms with van der Waals surface area (Å²) in [5.41, 5.74) is 4.23. The zero-order chi connectivity index (χ0) is 26.5. The van der Waals surface area contributed by atoms with Gasteiger partial charge in [-0.05, 0) is 49.2 Å². The third-order valence-corrected chi connectivity index (χ3v) is 6.57. The van der Waals surface area contributed by atoms with Crippen molar-refractivity contribution in [3.63, 3.8) is 0 Å². The van der Waals surface area contributed by atoms with Gasteiger partial charge in [0, 0.05) is 11.8 Å². The Labute approximate surface area is 222 Å². The van der Waals surface area contributed by atoms with Crippen molar-refractivity contribution in [3.8, 4) is 11.5 Å². The van der Waals surface area contributed by atoms with E-state index in [2.05, 4.69) is 5.32 Å². The SMILES string of the molecule is Cc1ccc(OCCN2C(=O)C(C)Oc3cc(NC(=O)C(c4ccccc4)c4ccccc4)ccc32)cc1. The molecule has 1 heterocycles. The van der Waals surface area contributed by atoms with Crippen LogP contribution in [0.2, 0.25) is 0 Å². The van der Waals surface area contributed by atoms with E-state index in [0.717, 1.165) is 22.4 Å². The maximum atomic E-state index is 13.5. The van der Waals surface area contributed by atoms with E-state index in [1.165, 1.54) is 0 Å². The smallest absolute Gasteiger partial charge is 0.267 e. The normalized spacial score (nSPS) is 14.6. The van der Waals surface area contributed by atoms with Gasteiger partial charge in [0.05, 0.1) is 18.2 Å². The summed E-state index contributed by atoms with van der Waals surface area (Å²) in [4.78, 5) is 28.1. The molecule has 6 heteroatoms. The van der Waals surface area contributed by atoms with Gasteiger partial charge in [-0.3, -0.25) is 9.59 Å². The summed E-state index contributed by atoms with van der Waals surface area (Å²) in [5, 5.41) is 3.05. The van der Waals surface area contributed by atoms with Crippen LogP contribution in [0, 0.1) is 6.92 Å². The topological polar surface area (TPSA) is 67.9 Å². The van der Waals surface area contributed by atoms with Gasteiger partial charge in [0.2, 0.25) is 5.91 Å². The average molecular weight is 507 g/mol. The first-order valence-corrected chi connectivity index (χ1v) is 12.7. The summed E-state index contributed by atoms with van der Waals surface area (Å²) >= 11 is 0. The van der Waals surface area contributed by atoms with Crippen molar-refractivity contribution in [2.75, 3.05) is 23.4 Å². The maximum Gasteiger partial charge on any atom is 0.267 e. The number of carbonyl (C=O) groups is 2. The Morgan fingerprint density at radius 2 is 1.55 bits per heavy atom. The maximum absolute atomic E-state index is 13.5. The molecule has 0 aromatic heterocycles. The summed E-state index contributed by atoms with van der Waals surface area (Å²) in [6.45, 7) is 4.47. The number of ether oxygens (including phenoxy) is 2. The summed E-state index contributed by atoms with van der Waals surface area (Å²) in [6, 6.07) is 32.6. The molecule has 0 radical (unpaired) electrons. The number of hydrogen-bond donors (Lipinski definition) is 1. The Bertz CT molecular complexity index is 1370. The van der Waals surface area contributed by atoms with Gasteiger partial charge in [0.1, 0.15) is 18.1 Å². The number of carbonyl (C=O) groups excluding carboxylic acids is 2. The molecular weight excluding hydrogens is 476 g/mol. The van der Waals surface area contributed by atoms with Crippen molar-refractivity contribution in [2.24, 2.45) is 0 Å². The average Bonchev–Trinajstić information content (AvgIpc) is 2.93. The number of benzene rings is 4. The molecule has 192 valence electrons. The van der Waals surface area contributed by atoms with Crippen LogP contribution in [0.4, 0.5) is 11.4 Å². The van der Waals surface area contributed by atoms with E-state index < -0.39 is 12.0 Å². The fourth-order valence-corrected chi connectivity index (χ4v) is 4.61. The zero-order valence-corrected chi connectivity index (χ0v) is 21.5.